The molecule has 1 heterocycles. The van der Waals surface area contributed by atoms with Gasteiger partial charge in [-0.2, -0.15) is 0 Å². The van der Waals surface area contributed by atoms with Crippen molar-refractivity contribution in [2.45, 2.75) is 44.6 Å². The van der Waals surface area contributed by atoms with E-state index in [0.717, 1.165) is 0 Å². The highest BCUT2D eigenvalue weighted by Gasteiger charge is 2.40. The quantitative estimate of drug-likeness (QED) is 0.310. The molecule has 6 nitrogen and oxygen atoms in total. The SMILES string of the molecule is CCO.C[C@@H]1OC(O)[C@H](O)[C@H](O)[C@H]1O. The number of hydrogen-bond acceptors (Lipinski definition) is 6. The van der Waals surface area contributed by atoms with Crippen molar-refractivity contribution in [3.63, 3.8) is 0 Å². The second-order valence-electron chi connectivity index (χ2n) is 3.02. The van der Waals surface area contributed by atoms with Crippen LogP contribution in [0.25, 0.3) is 0 Å². The zero-order chi connectivity index (χ0) is 11.3. The molecule has 1 aliphatic heterocycles. The Morgan fingerprint density at radius 1 is 1.00 bits per heavy atom. The number of rotatable bonds is 0. The molecular weight excluding hydrogens is 192 g/mol. The fraction of sp³-hybridized carbons (Fsp3) is 1.00. The monoisotopic (exact) mass is 210 g/mol. The second kappa shape index (κ2) is 6.28. The molecule has 0 spiro atoms. The van der Waals surface area contributed by atoms with Gasteiger partial charge < -0.3 is 30.3 Å². The minimum Gasteiger partial charge on any atom is -0.397 e. The van der Waals surface area contributed by atoms with Gasteiger partial charge in [-0.05, 0) is 13.8 Å². The molecule has 0 bridgehead atoms. The smallest absolute Gasteiger partial charge is 0.183 e. The van der Waals surface area contributed by atoms with E-state index in [1.165, 1.54) is 6.92 Å². The number of ether oxygens (including phenoxy) is 1. The van der Waals surface area contributed by atoms with E-state index in [4.69, 9.17) is 25.5 Å². The highest BCUT2D eigenvalue weighted by Crippen LogP contribution is 2.18. The van der Waals surface area contributed by atoms with Gasteiger partial charge in [0, 0.05) is 6.61 Å². The van der Waals surface area contributed by atoms with Gasteiger partial charge in [0.05, 0.1) is 6.10 Å². The van der Waals surface area contributed by atoms with E-state index in [1.807, 2.05) is 0 Å². The van der Waals surface area contributed by atoms with Gasteiger partial charge in [0.2, 0.25) is 0 Å². The van der Waals surface area contributed by atoms with Crippen molar-refractivity contribution in [3.8, 4) is 0 Å². The van der Waals surface area contributed by atoms with Gasteiger partial charge in [0.15, 0.2) is 6.29 Å². The van der Waals surface area contributed by atoms with Crippen molar-refractivity contribution in [2.75, 3.05) is 6.61 Å². The Hall–Kier alpha value is -0.240. The summed E-state index contributed by atoms with van der Waals surface area (Å²) < 4.78 is 4.68. The third kappa shape index (κ3) is 3.49. The maximum atomic E-state index is 9.09. The summed E-state index contributed by atoms with van der Waals surface area (Å²) in [7, 11) is 0. The molecule has 6 heteroatoms. The Balaban J connectivity index is 0.000000500. The van der Waals surface area contributed by atoms with Gasteiger partial charge in [0.25, 0.3) is 0 Å². The van der Waals surface area contributed by atoms with E-state index in [-0.39, 0.29) is 6.61 Å². The molecule has 1 rings (SSSR count). The predicted octanol–water partition coefficient (Wildman–Crippen LogP) is -2.20. The molecule has 14 heavy (non-hydrogen) atoms. The lowest BCUT2D eigenvalue weighted by atomic mass is 10.0. The molecule has 5 atom stereocenters. The Bertz CT molecular complexity index is 139. The van der Waals surface area contributed by atoms with E-state index in [1.54, 1.807) is 6.92 Å². The zero-order valence-corrected chi connectivity index (χ0v) is 8.24. The zero-order valence-electron chi connectivity index (χ0n) is 8.24. The fourth-order valence-electron chi connectivity index (χ4n) is 1.03. The van der Waals surface area contributed by atoms with Gasteiger partial charge in [0.1, 0.15) is 18.3 Å². The maximum absolute atomic E-state index is 9.09. The fourth-order valence-corrected chi connectivity index (χ4v) is 1.03. The summed E-state index contributed by atoms with van der Waals surface area (Å²) in [5.41, 5.74) is 0. The van der Waals surface area contributed by atoms with Gasteiger partial charge in [-0.15, -0.1) is 0 Å². The summed E-state index contributed by atoms with van der Waals surface area (Å²) in [6.07, 6.45) is -5.99. The Labute approximate surface area is 82.4 Å². The van der Waals surface area contributed by atoms with Crippen LogP contribution in [0.2, 0.25) is 0 Å². The van der Waals surface area contributed by atoms with Gasteiger partial charge in [-0.3, -0.25) is 0 Å². The van der Waals surface area contributed by atoms with Crippen LogP contribution in [-0.4, -0.2) is 62.8 Å². The van der Waals surface area contributed by atoms with Crippen molar-refractivity contribution in [2.24, 2.45) is 0 Å². The van der Waals surface area contributed by atoms with E-state index < -0.39 is 30.7 Å². The lowest BCUT2D eigenvalue weighted by Gasteiger charge is -2.36. The van der Waals surface area contributed by atoms with Crippen LogP contribution >= 0.6 is 0 Å². The summed E-state index contributed by atoms with van der Waals surface area (Å²) in [6.45, 7) is 3.43. The lowest BCUT2D eigenvalue weighted by Crippen LogP contribution is -2.56. The molecule has 0 aromatic carbocycles. The highest BCUT2D eigenvalue weighted by molar-refractivity contribution is 4.86. The van der Waals surface area contributed by atoms with Gasteiger partial charge >= 0.3 is 0 Å². The molecule has 0 amide bonds. The Morgan fingerprint density at radius 3 is 1.86 bits per heavy atom. The third-order valence-corrected chi connectivity index (χ3v) is 1.83. The molecule has 5 N–H and O–H groups in total. The van der Waals surface area contributed by atoms with Crippen molar-refractivity contribution in [1.29, 1.82) is 0 Å². The Kier molecular flexibility index (Phi) is 6.17. The normalized spacial score (nSPS) is 42.6. The molecule has 86 valence electrons. The topological polar surface area (TPSA) is 110 Å². The molecule has 0 radical (unpaired) electrons. The Morgan fingerprint density at radius 2 is 1.43 bits per heavy atom. The number of hydrogen-bond donors (Lipinski definition) is 5. The third-order valence-electron chi connectivity index (χ3n) is 1.83. The maximum Gasteiger partial charge on any atom is 0.183 e. The first-order valence-electron chi connectivity index (χ1n) is 4.44. The second-order valence-corrected chi connectivity index (χ2v) is 3.02. The van der Waals surface area contributed by atoms with Crippen LogP contribution in [0.15, 0.2) is 0 Å². The lowest BCUT2D eigenvalue weighted by molar-refractivity contribution is -0.277. The summed E-state index contributed by atoms with van der Waals surface area (Å²) in [6, 6.07) is 0. The summed E-state index contributed by atoms with van der Waals surface area (Å²) >= 11 is 0. The molecule has 1 unspecified atom stereocenters. The molecule has 0 aliphatic carbocycles. The minimum absolute atomic E-state index is 0.250. The summed E-state index contributed by atoms with van der Waals surface area (Å²) in [5, 5.41) is 43.5. The van der Waals surface area contributed by atoms with Crippen molar-refractivity contribution in [3.05, 3.63) is 0 Å². The van der Waals surface area contributed by atoms with Crippen LogP contribution in [0.3, 0.4) is 0 Å². The van der Waals surface area contributed by atoms with E-state index in [2.05, 4.69) is 4.74 Å². The minimum atomic E-state index is -1.43. The first kappa shape index (κ1) is 13.8. The molecule has 1 aliphatic rings. The number of aliphatic hydroxyl groups excluding tert-OH is 5. The van der Waals surface area contributed by atoms with Crippen LogP contribution < -0.4 is 0 Å². The van der Waals surface area contributed by atoms with Gasteiger partial charge in [-0.25, -0.2) is 0 Å². The molecule has 0 saturated carbocycles. The van der Waals surface area contributed by atoms with Crippen molar-refractivity contribution in [1.82, 2.24) is 0 Å². The average Bonchev–Trinajstić information content (AvgIpc) is 2.13. The molecule has 1 saturated heterocycles. The summed E-state index contributed by atoms with van der Waals surface area (Å²) in [4.78, 5) is 0. The van der Waals surface area contributed by atoms with Crippen LogP contribution in [0.4, 0.5) is 0 Å². The molecular formula is C8H18O6. The average molecular weight is 210 g/mol. The largest absolute Gasteiger partial charge is 0.397 e. The molecule has 1 fully saturated rings. The van der Waals surface area contributed by atoms with E-state index >= 15 is 0 Å². The van der Waals surface area contributed by atoms with E-state index in [9.17, 15) is 0 Å². The standard InChI is InChI=1S/C6H12O5.C2H6O/c1-2-3(7)4(8)5(9)6(10)11-2;1-2-3/h2-10H,1H3;3H,2H2,1H3/t2-,3-,4+,5+,6?;/m0./s1. The van der Waals surface area contributed by atoms with Crippen molar-refractivity contribution >= 4 is 0 Å². The van der Waals surface area contributed by atoms with E-state index in [0.29, 0.717) is 0 Å². The molecule has 0 aromatic rings. The summed E-state index contributed by atoms with van der Waals surface area (Å²) in [5.74, 6) is 0. The van der Waals surface area contributed by atoms with Crippen molar-refractivity contribution < 1.29 is 30.3 Å². The van der Waals surface area contributed by atoms with Crippen LogP contribution in [0, 0.1) is 0 Å². The first-order valence-corrected chi connectivity index (χ1v) is 4.44. The number of aliphatic hydroxyl groups is 5. The first-order chi connectivity index (χ1) is 6.45. The van der Waals surface area contributed by atoms with Crippen LogP contribution in [0.5, 0.6) is 0 Å². The predicted molar refractivity (Wildman–Crippen MR) is 47.3 cm³/mol. The van der Waals surface area contributed by atoms with Crippen LogP contribution in [-0.2, 0) is 4.74 Å². The molecule has 0 aromatic heterocycles. The van der Waals surface area contributed by atoms with Gasteiger partial charge in [-0.1, -0.05) is 0 Å². The highest BCUT2D eigenvalue weighted by atomic mass is 16.6. The van der Waals surface area contributed by atoms with Crippen LogP contribution in [0.1, 0.15) is 13.8 Å².